The van der Waals surface area contributed by atoms with Crippen molar-refractivity contribution in [1.82, 2.24) is 15.0 Å². The number of aromatic nitrogens is 2. The maximum absolute atomic E-state index is 11.0. The van der Waals surface area contributed by atoms with Gasteiger partial charge in [0.15, 0.2) is 0 Å². The fourth-order valence-electron chi connectivity index (χ4n) is 3.20. The molecule has 1 aromatic heterocycles. The molecule has 0 radical (unpaired) electrons. The minimum atomic E-state index is -0.629. The molecule has 1 aromatic rings. The summed E-state index contributed by atoms with van der Waals surface area (Å²) >= 11 is 0. The van der Waals surface area contributed by atoms with Gasteiger partial charge in [0.2, 0.25) is 5.89 Å². The van der Waals surface area contributed by atoms with Crippen molar-refractivity contribution in [3.05, 3.63) is 11.7 Å². The van der Waals surface area contributed by atoms with Gasteiger partial charge in [0, 0.05) is 6.04 Å². The van der Waals surface area contributed by atoms with Gasteiger partial charge in [-0.15, -0.1) is 0 Å². The third kappa shape index (κ3) is 2.01. The second-order valence-corrected chi connectivity index (χ2v) is 5.15. The lowest BCUT2D eigenvalue weighted by Crippen LogP contribution is -2.32. The predicted octanol–water partition coefficient (Wildman–Crippen LogP) is 1.25. The standard InChI is InChI=1S/C12H18N4O2/c13-10(17)11-14-12(18-15-11)9-6-3-7-16(9)8-4-1-2-5-8/h8-9H,1-7H2,(H2,13,17). The first-order valence-electron chi connectivity index (χ1n) is 6.65. The van der Waals surface area contributed by atoms with Crippen LogP contribution in [0.4, 0.5) is 0 Å². The van der Waals surface area contributed by atoms with Gasteiger partial charge in [-0.05, 0) is 32.2 Å². The Morgan fingerprint density at radius 2 is 2.06 bits per heavy atom. The summed E-state index contributed by atoms with van der Waals surface area (Å²) in [5.74, 6) is -0.0908. The lowest BCUT2D eigenvalue weighted by atomic mass is 10.1. The molecule has 6 nitrogen and oxygen atoms in total. The number of rotatable bonds is 3. The van der Waals surface area contributed by atoms with E-state index >= 15 is 0 Å². The molecule has 2 heterocycles. The molecule has 0 spiro atoms. The molecule has 3 rings (SSSR count). The molecule has 0 aromatic carbocycles. The first-order chi connectivity index (χ1) is 8.75. The smallest absolute Gasteiger partial charge is 0.290 e. The molecular weight excluding hydrogens is 232 g/mol. The Kier molecular flexibility index (Phi) is 3.03. The van der Waals surface area contributed by atoms with Crippen molar-refractivity contribution in [3.8, 4) is 0 Å². The van der Waals surface area contributed by atoms with Crippen LogP contribution < -0.4 is 5.73 Å². The van der Waals surface area contributed by atoms with Crippen molar-refractivity contribution >= 4 is 5.91 Å². The molecule has 1 amide bonds. The normalized spacial score (nSPS) is 25.9. The van der Waals surface area contributed by atoms with E-state index in [2.05, 4.69) is 15.0 Å². The van der Waals surface area contributed by atoms with E-state index in [0.29, 0.717) is 11.9 Å². The van der Waals surface area contributed by atoms with Crippen LogP contribution in [-0.2, 0) is 0 Å². The number of hydrogen-bond donors (Lipinski definition) is 1. The third-order valence-electron chi connectivity index (χ3n) is 4.04. The maximum atomic E-state index is 11.0. The average molecular weight is 250 g/mol. The van der Waals surface area contributed by atoms with E-state index in [4.69, 9.17) is 10.3 Å². The topological polar surface area (TPSA) is 85.2 Å². The molecule has 0 bridgehead atoms. The van der Waals surface area contributed by atoms with Gasteiger partial charge in [0.25, 0.3) is 11.7 Å². The fourth-order valence-corrected chi connectivity index (χ4v) is 3.20. The zero-order chi connectivity index (χ0) is 12.5. The second-order valence-electron chi connectivity index (χ2n) is 5.15. The van der Waals surface area contributed by atoms with Gasteiger partial charge in [-0.1, -0.05) is 18.0 Å². The van der Waals surface area contributed by atoms with Crippen molar-refractivity contribution in [2.45, 2.75) is 50.6 Å². The van der Waals surface area contributed by atoms with Gasteiger partial charge in [-0.2, -0.15) is 4.98 Å². The third-order valence-corrected chi connectivity index (χ3v) is 4.04. The molecule has 1 aliphatic carbocycles. The largest absolute Gasteiger partial charge is 0.363 e. The molecule has 98 valence electrons. The summed E-state index contributed by atoms with van der Waals surface area (Å²) in [7, 11) is 0. The number of nitrogens with zero attached hydrogens (tertiary/aromatic N) is 3. The number of carbonyl (C=O) groups excluding carboxylic acids is 1. The highest BCUT2D eigenvalue weighted by molar-refractivity contribution is 5.88. The Bertz CT molecular complexity index is 439. The molecule has 2 aliphatic rings. The molecule has 1 aliphatic heterocycles. The van der Waals surface area contributed by atoms with E-state index in [1.165, 1.54) is 25.7 Å². The highest BCUT2D eigenvalue weighted by Crippen LogP contribution is 2.37. The number of primary amides is 1. The highest BCUT2D eigenvalue weighted by Gasteiger charge is 2.36. The lowest BCUT2D eigenvalue weighted by molar-refractivity contribution is 0.0987. The van der Waals surface area contributed by atoms with E-state index in [-0.39, 0.29) is 11.9 Å². The first-order valence-corrected chi connectivity index (χ1v) is 6.65. The predicted molar refractivity (Wildman–Crippen MR) is 63.8 cm³/mol. The van der Waals surface area contributed by atoms with Crippen LogP contribution in [0.3, 0.4) is 0 Å². The zero-order valence-corrected chi connectivity index (χ0v) is 10.3. The monoisotopic (exact) mass is 250 g/mol. The van der Waals surface area contributed by atoms with Crippen LogP contribution in [0.5, 0.6) is 0 Å². The van der Waals surface area contributed by atoms with Gasteiger partial charge >= 0.3 is 0 Å². The minimum Gasteiger partial charge on any atom is -0.363 e. The van der Waals surface area contributed by atoms with E-state index in [9.17, 15) is 4.79 Å². The number of hydrogen-bond acceptors (Lipinski definition) is 5. The quantitative estimate of drug-likeness (QED) is 0.872. The van der Waals surface area contributed by atoms with Crippen molar-refractivity contribution in [3.63, 3.8) is 0 Å². The van der Waals surface area contributed by atoms with Crippen LogP contribution >= 0.6 is 0 Å². The molecule has 2 N–H and O–H groups in total. The minimum absolute atomic E-state index is 0.0109. The van der Waals surface area contributed by atoms with Crippen LogP contribution in [0.1, 0.15) is 61.1 Å². The Hall–Kier alpha value is -1.43. The Balaban J connectivity index is 1.78. The molecule has 18 heavy (non-hydrogen) atoms. The van der Waals surface area contributed by atoms with Crippen molar-refractivity contribution in [2.24, 2.45) is 5.73 Å². The van der Waals surface area contributed by atoms with Crippen LogP contribution in [0.2, 0.25) is 0 Å². The first kappa shape index (κ1) is 11.6. The van der Waals surface area contributed by atoms with Gasteiger partial charge in [-0.25, -0.2) is 0 Å². The number of likely N-dealkylation sites (tertiary alicyclic amines) is 1. The summed E-state index contributed by atoms with van der Waals surface area (Å²) in [6, 6.07) is 0.815. The molecule has 6 heteroatoms. The zero-order valence-electron chi connectivity index (χ0n) is 10.3. The molecule has 1 saturated heterocycles. The number of carbonyl (C=O) groups is 1. The van der Waals surface area contributed by atoms with Crippen molar-refractivity contribution in [1.29, 1.82) is 0 Å². The number of amides is 1. The highest BCUT2D eigenvalue weighted by atomic mass is 16.5. The molecule has 1 atom stereocenters. The van der Waals surface area contributed by atoms with E-state index < -0.39 is 5.91 Å². The average Bonchev–Trinajstić information content (AvgIpc) is 3.10. The van der Waals surface area contributed by atoms with Crippen LogP contribution in [0.25, 0.3) is 0 Å². The van der Waals surface area contributed by atoms with Gasteiger partial charge in [-0.3, -0.25) is 9.69 Å². The van der Waals surface area contributed by atoms with E-state index in [1.54, 1.807) is 0 Å². The summed E-state index contributed by atoms with van der Waals surface area (Å²) in [6.45, 7) is 1.09. The summed E-state index contributed by atoms with van der Waals surface area (Å²) < 4.78 is 5.20. The Morgan fingerprint density at radius 1 is 1.28 bits per heavy atom. The van der Waals surface area contributed by atoms with Crippen molar-refractivity contribution in [2.75, 3.05) is 6.54 Å². The summed E-state index contributed by atoms with van der Waals surface area (Å²) in [6.07, 6.45) is 7.31. The van der Waals surface area contributed by atoms with E-state index in [1.807, 2.05) is 0 Å². The summed E-state index contributed by atoms with van der Waals surface area (Å²) in [4.78, 5) is 17.6. The maximum Gasteiger partial charge on any atom is 0.290 e. The molecule has 1 unspecified atom stereocenters. The second kappa shape index (κ2) is 4.68. The SMILES string of the molecule is NC(=O)c1noc(C2CCCN2C2CCCC2)n1. The number of nitrogens with two attached hydrogens (primary N) is 1. The van der Waals surface area contributed by atoms with Crippen LogP contribution in [0, 0.1) is 0 Å². The van der Waals surface area contributed by atoms with Gasteiger partial charge in [0.05, 0.1) is 6.04 Å². The molecule has 2 fully saturated rings. The van der Waals surface area contributed by atoms with Gasteiger partial charge < -0.3 is 10.3 Å². The fraction of sp³-hybridized carbons (Fsp3) is 0.750. The summed E-state index contributed by atoms with van der Waals surface area (Å²) in [5, 5.41) is 3.63. The summed E-state index contributed by atoms with van der Waals surface area (Å²) in [5.41, 5.74) is 5.15. The Morgan fingerprint density at radius 3 is 2.72 bits per heavy atom. The van der Waals surface area contributed by atoms with Gasteiger partial charge in [0.1, 0.15) is 0 Å². The van der Waals surface area contributed by atoms with Crippen molar-refractivity contribution < 1.29 is 9.32 Å². The molecular formula is C12H18N4O2. The molecule has 1 saturated carbocycles. The van der Waals surface area contributed by atoms with Crippen LogP contribution in [0.15, 0.2) is 4.52 Å². The lowest BCUT2D eigenvalue weighted by Gasteiger charge is -2.27. The van der Waals surface area contributed by atoms with E-state index in [0.717, 1.165) is 19.4 Å². The Labute approximate surface area is 106 Å². The van der Waals surface area contributed by atoms with Crippen LogP contribution in [-0.4, -0.2) is 33.5 Å².